The molecule has 204 valence electrons. The third-order valence-electron chi connectivity index (χ3n) is 6.84. The first kappa shape index (κ1) is 26.7. The number of anilines is 3. The number of nitrogens with zero attached hydrogens (tertiary/aromatic N) is 4. The monoisotopic (exact) mass is 555 g/mol. The third kappa shape index (κ3) is 4.87. The fourth-order valence-electron chi connectivity index (χ4n) is 4.70. The number of hydrogen-bond acceptors (Lipinski definition) is 5. The van der Waals surface area contributed by atoms with Crippen molar-refractivity contribution < 1.29 is 21.6 Å². The lowest BCUT2D eigenvalue weighted by atomic mass is 9.87. The van der Waals surface area contributed by atoms with E-state index in [1.807, 2.05) is 27.0 Å². The lowest BCUT2D eigenvalue weighted by molar-refractivity contribution is -0.141. The molecule has 0 amide bonds. The van der Waals surface area contributed by atoms with Crippen LogP contribution < -0.4 is 9.62 Å². The molecule has 0 saturated carbocycles. The maximum absolute atomic E-state index is 14.2. The summed E-state index contributed by atoms with van der Waals surface area (Å²) in [6, 6.07) is 12.3. The number of aryl methyl sites for hydroxylation is 1. The van der Waals surface area contributed by atoms with Crippen LogP contribution in [0.15, 0.2) is 65.8 Å². The standard InChI is InChI=1S/C28H28F3N5O2S/c1-17-22(19-14-32-35(5)15-19)11-12-23-25(17)36(16-18-6-13-24(28(29,30)31)34-26(18)33-23)39(37,38)21-9-7-20(8-10-21)27(2,3)4/h6-15H,16H2,1-5H3,(H,33,34). The Labute approximate surface area is 225 Å². The third-order valence-corrected chi connectivity index (χ3v) is 8.60. The highest BCUT2D eigenvalue weighted by atomic mass is 32.2. The Morgan fingerprint density at radius 1 is 0.974 bits per heavy atom. The number of alkyl halides is 3. The van der Waals surface area contributed by atoms with Crippen LogP contribution in [0.5, 0.6) is 0 Å². The zero-order valence-electron chi connectivity index (χ0n) is 22.1. The van der Waals surface area contributed by atoms with E-state index in [2.05, 4.69) is 15.4 Å². The molecule has 0 radical (unpaired) electrons. The molecule has 2 aromatic heterocycles. The number of rotatable bonds is 3. The summed E-state index contributed by atoms with van der Waals surface area (Å²) in [6.45, 7) is 7.70. The number of halogens is 3. The van der Waals surface area contributed by atoms with Crippen molar-refractivity contribution in [3.05, 3.63) is 83.3 Å². The van der Waals surface area contributed by atoms with Crippen LogP contribution in [0.1, 0.15) is 43.2 Å². The molecule has 0 fully saturated rings. The van der Waals surface area contributed by atoms with Crippen molar-refractivity contribution >= 4 is 27.2 Å². The summed E-state index contributed by atoms with van der Waals surface area (Å²) >= 11 is 0. The Kier molecular flexibility index (Phi) is 6.25. The minimum atomic E-state index is -4.65. The molecular weight excluding hydrogens is 527 g/mol. The van der Waals surface area contributed by atoms with Gasteiger partial charge in [0.1, 0.15) is 11.5 Å². The molecule has 0 aliphatic carbocycles. The first-order valence-corrected chi connectivity index (χ1v) is 13.7. The first-order valence-electron chi connectivity index (χ1n) is 12.3. The molecule has 0 atom stereocenters. The Hall–Kier alpha value is -3.86. The highest BCUT2D eigenvalue weighted by Crippen LogP contribution is 2.44. The number of hydrogen-bond donors (Lipinski definition) is 1. The number of pyridine rings is 1. The van der Waals surface area contributed by atoms with Crippen LogP contribution in [0.4, 0.5) is 30.4 Å². The van der Waals surface area contributed by atoms with E-state index in [9.17, 15) is 21.6 Å². The van der Waals surface area contributed by atoms with Gasteiger partial charge in [0.2, 0.25) is 0 Å². The van der Waals surface area contributed by atoms with E-state index in [1.54, 1.807) is 61.2 Å². The summed E-state index contributed by atoms with van der Waals surface area (Å²) in [6.07, 6.45) is -1.16. The lowest BCUT2D eigenvalue weighted by Gasteiger charge is -2.27. The molecule has 0 saturated heterocycles. The fraction of sp³-hybridized carbons (Fsp3) is 0.286. The summed E-state index contributed by atoms with van der Waals surface area (Å²) < 4.78 is 71.6. The second-order valence-corrected chi connectivity index (χ2v) is 12.5. The van der Waals surface area contributed by atoms with Gasteiger partial charge in [0.05, 0.1) is 29.0 Å². The van der Waals surface area contributed by atoms with E-state index < -0.39 is 21.9 Å². The van der Waals surface area contributed by atoms with Gasteiger partial charge in [-0.15, -0.1) is 0 Å². The van der Waals surface area contributed by atoms with E-state index in [1.165, 1.54) is 10.4 Å². The largest absolute Gasteiger partial charge is 0.433 e. The van der Waals surface area contributed by atoms with Gasteiger partial charge in [0.25, 0.3) is 10.0 Å². The molecule has 39 heavy (non-hydrogen) atoms. The minimum absolute atomic E-state index is 0.0413. The highest BCUT2D eigenvalue weighted by Gasteiger charge is 2.36. The number of fused-ring (bicyclic) bond motifs is 2. The highest BCUT2D eigenvalue weighted by molar-refractivity contribution is 7.92. The maximum atomic E-state index is 14.2. The van der Waals surface area contributed by atoms with Crippen LogP contribution in [-0.2, 0) is 35.2 Å². The molecule has 7 nitrogen and oxygen atoms in total. The normalized spacial score (nSPS) is 13.9. The van der Waals surface area contributed by atoms with E-state index in [0.29, 0.717) is 22.5 Å². The molecule has 1 N–H and O–H groups in total. The van der Waals surface area contributed by atoms with Crippen LogP contribution in [0.25, 0.3) is 11.1 Å². The van der Waals surface area contributed by atoms with Gasteiger partial charge >= 0.3 is 6.18 Å². The summed E-state index contributed by atoms with van der Waals surface area (Å²) in [7, 11) is -2.36. The molecule has 4 aromatic rings. The second-order valence-electron chi connectivity index (χ2n) is 10.7. The van der Waals surface area contributed by atoms with Crippen molar-refractivity contribution in [2.24, 2.45) is 7.05 Å². The maximum Gasteiger partial charge on any atom is 0.433 e. The van der Waals surface area contributed by atoms with Crippen molar-refractivity contribution in [1.82, 2.24) is 14.8 Å². The number of aromatic nitrogens is 3. The Morgan fingerprint density at radius 3 is 2.26 bits per heavy atom. The van der Waals surface area contributed by atoms with Gasteiger partial charge in [-0.1, -0.05) is 45.0 Å². The smallest absolute Gasteiger partial charge is 0.338 e. The molecule has 5 rings (SSSR count). The van der Waals surface area contributed by atoms with Gasteiger partial charge in [-0.25, -0.2) is 13.4 Å². The Balaban J connectivity index is 1.71. The quantitative estimate of drug-likeness (QED) is 0.310. The predicted molar refractivity (Wildman–Crippen MR) is 144 cm³/mol. The van der Waals surface area contributed by atoms with Crippen molar-refractivity contribution in [2.75, 3.05) is 9.62 Å². The Morgan fingerprint density at radius 2 is 1.67 bits per heavy atom. The van der Waals surface area contributed by atoms with Gasteiger partial charge in [-0.05, 0) is 53.3 Å². The van der Waals surface area contributed by atoms with Gasteiger partial charge < -0.3 is 5.32 Å². The van der Waals surface area contributed by atoms with Crippen LogP contribution in [0.3, 0.4) is 0 Å². The van der Waals surface area contributed by atoms with Gasteiger partial charge in [0.15, 0.2) is 0 Å². The zero-order valence-corrected chi connectivity index (χ0v) is 22.9. The van der Waals surface area contributed by atoms with Crippen LogP contribution >= 0.6 is 0 Å². The molecule has 0 spiro atoms. The molecule has 1 aliphatic rings. The lowest BCUT2D eigenvalue weighted by Crippen LogP contribution is -2.31. The molecule has 0 unspecified atom stereocenters. The molecule has 1 aliphatic heterocycles. The van der Waals surface area contributed by atoms with Crippen molar-refractivity contribution in [3.63, 3.8) is 0 Å². The summed E-state index contributed by atoms with van der Waals surface area (Å²) in [5.74, 6) is -0.0413. The van der Waals surface area contributed by atoms with E-state index >= 15 is 0 Å². The topological polar surface area (TPSA) is 80.1 Å². The second kappa shape index (κ2) is 9.11. The molecule has 0 bridgehead atoms. The summed E-state index contributed by atoms with van der Waals surface area (Å²) in [4.78, 5) is 3.89. The molecule has 3 heterocycles. The van der Waals surface area contributed by atoms with E-state index in [-0.39, 0.29) is 22.7 Å². The van der Waals surface area contributed by atoms with Gasteiger partial charge in [0, 0.05) is 24.4 Å². The number of sulfonamides is 1. The van der Waals surface area contributed by atoms with E-state index in [0.717, 1.165) is 22.8 Å². The zero-order chi connectivity index (χ0) is 28.3. The SMILES string of the molecule is Cc1c(-c2cnn(C)c2)ccc2c1N(S(=O)(=O)c1ccc(C(C)(C)C)cc1)Cc1ccc(C(F)(F)F)nc1N2. The minimum Gasteiger partial charge on any atom is -0.338 e. The predicted octanol–water partition coefficient (Wildman–Crippen LogP) is 6.56. The summed E-state index contributed by atoms with van der Waals surface area (Å²) in [5, 5.41) is 7.21. The molecular formula is C28H28F3N5O2S. The van der Waals surface area contributed by atoms with Gasteiger partial charge in [-0.3, -0.25) is 8.99 Å². The fourth-order valence-corrected chi connectivity index (χ4v) is 6.22. The average Bonchev–Trinajstić information content (AvgIpc) is 3.20. The average molecular weight is 556 g/mol. The number of benzene rings is 2. The van der Waals surface area contributed by atoms with Crippen molar-refractivity contribution in [3.8, 4) is 11.1 Å². The Bertz CT molecular complexity index is 1670. The number of nitrogens with one attached hydrogen (secondary N) is 1. The van der Waals surface area contributed by atoms with Crippen LogP contribution in [0.2, 0.25) is 0 Å². The summed E-state index contributed by atoms with van der Waals surface area (Å²) in [5.41, 5.74) is 2.89. The van der Waals surface area contributed by atoms with Gasteiger partial charge in [-0.2, -0.15) is 18.3 Å². The van der Waals surface area contributed by atoms with Crippen molar-refractivity contribution in [2.45, 2.75) is 50.7 Å². The van der Waals surface area contributed by atoms with Crippen LogP contribution in [-0.4, -0.2) is 23.2 Å². The molecule has 2 aromatic carbocycles. The van der Waals surface area contributed by atoms with Crippen molar-refractivity contribution in [1.29, 1.82) is 0 Å². The first-order chi connectivity index (χ1) is 18.2. The van der Waals surface area contributed by atoms with Crippen LogP contribution in [0, 0.1) is 6.92 Å². The molecule has 11 heteroatoms. The van der Waals surface area contributed by atoms with E-state index in [4.69, 9.17) is 0 Å².